The van der Waals surface area contributed by atoms with Crippen molar-refractivity contribution in [3.63, 3.8) is 0 Å². The van der Waals surface area contributed by atoms with E-state index in [9.17, 15) is 19.7 Å². The monoisotopic (exact) mass is 242 g/mol. The van der Waals surface area contributed by atoms with Crippen LogP contribution in [0, 0.1) is 10.1 Å². The quantitative estimate of drug-likeness (QED) is 0.629. The molecule has 0 aliphatic heterocycles. The molecule has 1 rings (SSSR count). The second-order valence-corrected chi connectivity index (χ2v) is 3.37. The Morgan fingerprint density at radius 3 is 2.56 bits per heavy atom. The Balaban J connectivity index is 3.19. The van der Waals surface area contributed by atoms with Gasteiger partial charge in [0.25, 0.3) is 11.6 Å². The van der Waals surface area contributed by atoms with E-state index >= 15 is 0 Å². The molecule has 84 valence electrons. The van der Waals surface area contributed by atoms with Gasteiger partial charge < -0.3 is 0 Å². The van der Waals surface area contributed by atoms with Gasteiger partial charge >= 0.3 is 0 Å². The molecule has 7 heteroatoms. The standard InChI is InChI=1S/C9H7ClN2O4/c1-5(13)11-9(14)7-4-6(10)2-3-8(7)12(15)16/h2-4H,1H3,(H,11,13,14). The minimum atomic E-state index is -0.846. The smallest absolute Gasteiger partial charge is 0.282 e. The van der Waals surface area contributed by atoms with Crippen LogP contribution in [0.25, 0.3) is 0 Å². The maximum atomic E-state index is 11.4. The van der Waals surface area contributed by atoms with E-state index in [-0.39, 0.29) is 10.6 Å². The number of hydrogen-bond donors (Lipinski definition) is 1. The summed E-state index contributed by atoms with van der Waals surface area (Å²) in [5.74, 6) is -1.44. The highest BCUT2D eigenvalue weighted by molar-refractivity contribution is 6.31. The average molecular weight is 243 g/mol. The Kier molecular flexibility index (Phi) is 3.57. The fourth-order valence-corrected chi connectivity index (χ4v) is 1.25. The Bertz CT molecular complexity index is 473. The van der Waals surface area contributed by atoms with Gasteiger partial charge in [0.1, 0.15) is 5.56 Å². The van der Waals surface area contributed by atoms with Crippen molar-refractivity contribution in [1.82, 2.24) is 5.32 Å². The zero-order chi connectivity index (χ0) is 12.3. The van der Waals surface area contributed by atoms with E-state index in [1.54, 1.807) is 0 Å². The summed E-state index contributed by atoms with van der Waals surface area (Å²) in [7, 11) is 0. The minimum Gasteiger partial charge on any atom is -0.292 e. The highest BCUT2D eigenvalue weighted by Crippen LogP contribution is 2.22. The van der Waals surface area contributed by atoms with Crippen LogP contribution in [0.5, 0.6) is 0 Å². The van der Waals surface area contributed by atoms with E-state index in [0.29, 0.717) is 0 Å². The van der Waals surface area contributed by atoms with Crippen molar-refractivity contribution >= 4 is 29.1 Å². The molecule has 0 saturated heterocycles. The summed E-state index contributed by atoms with van der Waals surface area (Å²) in [6.07, 6.45) is 0. The summed E-state index contributed by atoms with van der Waals surface area (Å²) in [6.45, 7) is 1.13. The number of rotatable bonds is 2. The molecule has 0 atom stereocenters. The van der Waals surface area contributed by atoms with E-state index < -0.39 is 22.4 Å². The van der Waals surface area contributed by atoms with Crippen LogP contribution < -0.4 is 5.32 Å². The third kappa shape index (κ3) is 2.77. The van der Waals surface area contributed by atoms with Gasteiger partial charge in [-0.2, -0.15) is 0 Å². The zero-order valence-corrected chi connectivity index (χ0v) is 8.95. The Labute approximate surface area is 95.4 Å². The van der Waals surface area contributed by atoms with Crippen molar-refractivity contribution in [2.75, 3.05) is 0 Å². The van der Waals surface area contributed by atoms with Crippen molar-refractivity contribution in [1.29, 1.82) is 0 Å². The number of halogens is 1. The van der Waals surface area contributed by atoms with Crippen LogP contribution in [0.2, 0.25) is 5.02 Å². The number of imide groups is 1. The van der Waals surface area contributed by atoms with E-state index in [1.807, 2.05) is 5.32 Å². The number of carbonyl (C=O) groups is 2. The Morgan fingerprint density at radius 2 is 2.06 bits per heavy atom. The maximum Gasteiger partial charge on any atom is 0.282 e. The highest BCUT2D eigenvalue weighted by atomic mass is 35.5. The van der Waals surface area contributed by atoms with Gasteiger partial charge in [0.15, 0.2) is 0 Å². The molecule has 0 spiro atoms. The summed E-state index contributed by atoms with van der Waals surface area (Å²) < 4.78 is 0. The maximum absolute atomic E-state index is 11.4. The molecular formula is C9H7ClN2O4. The molecule has 6 nitrogen and oxygen atoms in total. The van der Waals surface area contributed by atoms with E-state index in [0.717, 1.165) is 19.1 Å². The summed E-state index contributed by atoms with van der Waals surface area (Å²) >= 11 is 5.61. The Morgan fingerprint density at radius 1 is 1.44 bits per heavy atom. The lowest BCUT2D eigenvalue weighted by atomic mass is 10.1. The topological polar surface area (TPSA) is 89.3 Å². The number of nitro groups is 1. The molecule has 0 bridgehead atoms. The van der Waals surface area contributed by atoms with Crippen molar-refractivity contribution < 1.29 is 14.5 Å². The number of nitrogens with one attached hydrogen (secondary N) is 1. The van der Waals surface area contributed by atoms with Crippen LogP contribution in [0.4, 0.5) is 5.69 Å². The third-order valence-corrected chi connectivity index (χ3v) is 1.92. The molecule has 16 heavy (non-hydrogen) atoms. The number of hydrogen-bond acceptors (Lipinski definition) is 4. The van der Waals surface area contributed by atoms with E-state index in [2.05, 4.69) is 0 Å². The molecule has 1 aromatic carbocycles. The lowest BCUT2D eigenvalue weighted by Gasteiger charge is -2.02. The molecule has 0 heterocycles. The van der Waals surface area contributed by atoms with Gasteiger partial charge in [0.05, 0.1) is 4.92 Å². The second kappa shape index (κ2) is 4.71. The summed E-state index contributed by atoms with van der Waals surface area (Å²) in [5.41, 5.74) is -0.643. The van der Waals surface area contributed by atoms with Crippen LogP contribution in [0.3, 0.4) is 0 Å². The molecule has 1 aromatic rings. The molecule has 0 aliphatic carbocycles. The minimum absolute atomic E-state index is 0.180. The highest BCUT2D eigenvalue weighted by Gasteiger charge is 2.20. The molecule has 0 radical (unpaired) electrons. The Hall–Kier alpha value is -1.95. The van der Waals surface area contributed by atoms with Crippen LogP contribution in [0.1, 0.15) is 17.3 Å². The first kappa shape index (κ1) is 12.1. The molecule has 0 saturated carbocycles. The molecule has 0 fully saturated rings. The van der Waals surface area contributed by atoms with Gasteiger partial charge in [0.2, 0.25) is 5.91 Å². The summed E-state index contributed by atoms with van der Waals surface area (Å²) in [6, 6.07) is 3.54. The fraction of sp³-hybridized carbons (Fsp3) is 0.111. The largest absolute Gasteiger partial charge is 0.292 e. The van der Waals surface area contributed by atoms with Gasteiger partial charge in [0, 0.05) is 18.0 Å². The average Bonchev–Trinajstić information content (AvgIpc) is 2.15. The predicted octanol–water partition coefficient (Wildman–Crippen LogP) is 1.52. The molecule has 0 unspecified atom stereocenters. The second-order valence-electron chi connectivity index (χ2n) is 2.93. The van der Waals surface area contributed by atoms with Crippen LogP contribution in [-0.4, -0.2) is 16.7 Å². The molecule has 0 aromatic heterocycles. The lowest BCUT2D eigenvalue weighted by molar-refractivity contribution is -0.385. The van der Waals surface area contributed by atoms with E-state index in [1.165, 1.54) is 6.07 Å². The van der Waals surface area contributed by atoms with Crippen molar-refractivity contribution in [2.24, 2.45) is 0 Å². The SMILES string of the molecule is CC(=O)NC(=O)c1cc(Cl)ccc1[N+](=O)[O-]. The van der Waals surface area contributed by atoms with Gasteiger partial charge in [-0.05, 0) is 12.1 Å². The first-order valence-corrected chi connectivity index (χ1v) is 4.55. The van der Waals surface area contributed by atoms with Gasteiger partial charge in [-0.15, -0.1) is 0 Å². The summed E-state index contributed by atoms with van der Waals surface area (Å²) in [4.78, 5) is 32.0. The zero-order valence-electron chi connectivity index (χ0n) is 8.19. The molecular weight excluding hydrogens is 236 g/mol. The number of benzene rings is 1. The van der Waals surface area contributed by atoms with Crippen molar-refractivity contribution in [3.05, 3.63) is 38.9 Å². The third-order valence-electron chi connectivity index (χ3n) is 1.69. The number of nitrogens with zero attached hydrogens (tertiary/aromatic N) is 1. The van der Waals surface area contributed by atoms with Crippen LogP contribution in [-0.2, 0) is 4.79 Å². The fourth-order valence-electron chi connectivity index (χ4n) is 1.08. The van der Waals surface area contributed by atoms with Gasteiger partial charge in [-0.1, -0.05) is 11.6 Å². The summed E-state index contributed by atoms with van der Waals surface area (Å²) in [5, 5.41) is 12.7. The van der Waals surface area contributed by atoms with Gasteiger partial charge in [-0.25, -0.2) is 0 Å². The van der Waals surface area contributed by atoms with Crippen molar-refractivity contribution in [3.8, 4) is 0 Å². The van der Waals surface area contributed by atoms with Crippen LogP contribution >= 0.6 is 11.6 Å². The molecule has 2 amide bonds. The normalized spacial score (nSPS) is 9.62. The number of nitro benzene ring substituents is 1. The van der Waals surface area contributed by atoms with E-state index in [4.69, 9.17) is 11.6 Å². The number of carbonyl (C=O) groups excluding carboxylic acids is 2. The van der Waals surface area contributed by atoms with Crippen LogP contribution in [0.15, 0.2) is 18.2 Å². The first-order valence-electron chi connectivity index (χ1n) is 4.17. The molecule has 1 N–H and O–H groups in total. The number of amides is 2. The van der Waals surface area contributed by atoms with Crippen molar-refractivity contribution in [2.45, 2.75) is 6.92 Å². The molecule has 0 aliphatic rings. The first-order chi connectivity index (χ1) is 7.41. The van der Waals surface area contributed by atoms with Gasteiger partial charge in [-0.3, -0.25) is 25.0 Å². The lowest BCUT2D eigenvalue weighted by Crippen LogP contribution is -2.28. The predicted molar refractivity (Wildman–Crippen MR) is 56.3 cm³/mol.